The lowest BCUT2D eigenvalue weighted by atomic mass is 10.1. The number of hydrogen-bond acceptors (Lipinski definition) is 3. The molecule has 0 unspecified atom stereocenters. The van der Waals surface area contributed by atoms with Crippen LogP contribution >= 0.6 is 11.6 Å². The van der Waals surface area contributed by atoms with Crippen molar-refractivity contribution in [2.75, 3.05) is 31.1 Å². The van der Waals surface area contributed by atoms with E-state index in [1.807, 2.05) is 28.0 Å². The Balaban J connectivity index is 1.62. The third-order valence-corrected chi connectivity index (χ3v) is 4.53. The molecule has 0 spiro atoms. The van der Waals surface area contributed by atoms with E-state index in [0.717, 1.165) is 5.56 Å². The molecule has 0 bridgehead atoms. The zero-order valence-electron chi connectivity index (χ0n) is 13.6. The molecular formula is C19H17ClFN3O. The Morgan fingerprint density at radius 1 is 1.16 bits per heavy atom. The number of nitriles is 1. The summed E-state index contributed by atoms with van der Waals surface area (Å²) in [5, 5.41) is 9.80. The maximum absolute atomic E-state index is 13.3. The Morgan fingerprint density at radius 3 is 2.60 bits per heavy atom. The second kappa shape index (κ2) is 7.54. The molecule has 1 saturated heterocycles. The fourth-order valence-corrected chi connectivity index (χ4v) is 3.22. The summed E-state index contributed by atoms with van der Waals surface area (Å²) in [4.78, 5) is 16.3. The van der Waals surface area contributed by atoms with Crippen molar-refractivity contribution in [3.05, 3.63) is 64.4 Å². The molecule has 6 heteroatoms. The zero-order chi connectivity index (χ0) is 17.8. The summed E-state index contributed by atoms with van der Waals surface area (Å²) in [6, 6.07) is 13.6. The number of carbonyl (C=O) groups is 1. The SMILES string of the molecule is N#Cc1cc(F)ccc1N1CCN(C(=O)Cc2cccc(Cl)c2)CC1. The van der Waals surface area contributed by atoms with E-state index in [-0.39, 0.29) is 5.91 Å². The maximum Gasteiger partial charge on any atom is 0.227 e. The molecule has 0 aromatic heterocycles. The van der Waals surface area contributed by atoms with Crippen LogP contribution in [0.15, 0.2) is 42.5 Å². The highest BCUT2D eigenvalue weighted by atomic mass is 35.5. The number of amides is 1. The molecule has 1 heterocycles. The van der Waals surface area contributed by atoms with Crippen molar-refractivity contribution in [2.24, 2.45) is 0 Å². The van der Waals surface area contributed by atoms with Crippen LogP contribution in [0.4, 0.5) is 10.1 Å². The largest absolute Gasteiger partial charge is 0.367 e. The van der Waals surface area contributed by atoms with Crippen molar-refractivity contribution in [1.29, 1.82) is 5.26 Å². The minimum absolute atomic E-state index is 0.0570. The van der Waals surface area contributed by atoms with Gasteiger partial charge in [-0.15, -0.1) is 0 Å². The number of benzene rings is 2. The van der Waals surface area contributed by atoms with Crippen molar-refractivity contribution < 1.29 is 9.18 Å². The van der Waals surface area contributed by atoms with Crippen molar-refractivity contribution in [1.82, 2.24) is 4.90 Å². The first-order valence-electron chi connectivity index (χ1n) is 8.03. The number of piperazine rings is 1. The van der Waals surface area contributed by atoms with E-state index < -0.39 is 5.82 Å². The van der Waals surface area contributed by atoms with Gasteiger partial charge in [-0.05, 0) is 35.9 Å². The van der Waals surface area contributed by atoms with Crippen LogP contribution < -0.4 is 4.90 Å². The van der Waals surface area contributed by atoms with Crippen LogP contribution in [0.25, 0.3) is 0 Å². The molecule has 0 aliphatic carbocycles. The van der Waals surface area contributed by atoms with Gasteiger partial charge in [0.1, 0.15) is 11.9 Å². The van der Waals surface area contributed by atoms with Crippen LogP contribution in [0.2, 0.25) is 5.02 Å². The van der Waals surface area contributed by atoms with Crippen LogP contribution in [0.3, 0.4) is 0 Å². The lowest BCUT2D eigenvalue weighted by Crippen LogP contribution is -2.49. The number of halogens is 2. The monoisotopic (exact) mass is 357 g/mol. The smallest absolute Gasteiger partial charge is 0.227 e. The molecule has 25 heavy (non-hydrogen) atoms. The topological polar surface area (TPSA) is 47.3 Å². The molecule has 1 aliphatic heterocycles. The number of rotatable bonds is 3. The van der Waals surface area contributed by atoms with E-state index in [9.17, 15) is 14.4 Å². The fraction of sp³-hybridized carbons (Fsp3) is 0.263. The average molecular weight is 358 g/mol. The van der Waals surface area contributed by atoms with Gasteiger partial charge in [-0.3, -0.25) is 4.79 Å². The van der Waals surface area contributed by atoms with Gasteiger partial charge in [0.25, 0.3) is 0 Å². The van der Waals surface area contributed by atoms with Gasteiger partial charge in [-0.2, -0.15) is 5.26 Å². The van der Waals surface area contributed by atoms with Crippen molar-refractivity contribution in [2.45, 2.75) is 6.42 Å². The lowest BCUT2D eigenvalue weighted by molar-refractivity contribution is -0.130. The Hall–Kier alpha value is -2.58. The summed E-state index contributed by atoms with van der Waals surface area (Å²) in [5.41, 5.74) is 1.93. The molecule has 2 aromatic carbocycles. The normalized spacial score (nSPS) is 14.3. The first kappa shape index (κ1) is 17.2. The molecule has 0 saturated carbocycles. The van der Waals surface area contributed by atoms with E-state index >= 15 is 0 Å². The van der Waals surface area contributed by atoms with Gasteiger partial charge in [0.15, 0.2) is 0 Å². The Morgan fingerprint density at radius 2 is 1.92 bits per heavy atom. The molecule has 3 rings (SSSR count). The van der Waals surface area contributed by atoms with E-state index in [1.54, 1.807) is 18.2 Å². The molecule has 0 radical (unpaired) electrons. The standard InChI is InChI=1S/C19H17ClFN3O/c20-16-3-1-2-14(10-16)11-19(25)24-8-6-23(7-9-24)18-5-4-17(21)12-15(18)13-22/h1-5,10,12H,6-9,11H2. The molecule has 1 fully saturated rings. The molecule has 0 N–H and O–H groups in total. The molecule has 2 aromatic rings. The van der Waals surface area contributed by atoms with E-state index in [0.29, 0.717) is 48.9 Å². The van der Waals surface area contributed by atoms with Crippen LogP contribution in [-0.4, -0.2) is 37.0 Å². The minimum Gasteiger partial charge on any atom is -0.367 e. The molecule has 1 amide bonds. The summed E-state index contributed by atoms with van der Waals surface area (Å²) >= 11 is 5.96. The first-order valence-corrected chi connectivity index (χ1v) is 8.41. The summed E-state index contributed by atoms with van der Waals surface area (Å²) < 4.78 is 13.3. The van der Waals surface area contributed by atoms with Crippen LogP contribution in [0, 0.1) is 17.1 Å². The second-order valence-electron chi connectivity index (χ2n) is 5.95. The molecule has 1 aliphatic rings. The summed E-state index contributed by atoms with van der Waals surface area (Å²) in [6.45, 7) is 2.37. The quantitative estimate of drug-likeness (QED) is 0.847. The molecule has 4 nitrogen and oxygen atoms in total. The summed E-state index contributed by atoms with van der Waals surface area (Å²) in [6.07, 6.45) is 0.320. The van der Waals surface area contributed by atoms with E-state index in [1.165, 1.54) is 12.1 Å². The highest BCUT2D eigenvalue weighted by molar-refractivity contribution is 6.30. The zero-order valence-corrected chi connectivity index (χ0v) is 14.3. The summed E-state index contributed by atoms with van der Waals surface area (Å²) in [5.74, 6) is -0.364. The minimum atomic E-state index is -0.421. The van der Waals surface area contributed by atoms with Crippen molar-refractivity contribution >= 4 is 23.2 Å². The average Bonchev–Trinajstić information content (AvgIpc) is 2.61. The number of anilines is 1. The van der Waals surface area contributed by atoms with Crippen molar-refractivity contribution in [3.63, 3.8) is 0 Å². The highest BCUT2D eigenvalue weighted by Crippen LogP contribution is 2.22. The van der Waals surface area contributed by atoms with Gasteiger partial charge in [-0.25, -0.2) is 4.39 Å². The molecule has 128 valence electrons. The van der Waals surface area contributed by atoms with Gasteiger partial charge < -0.3 is 9.80 Å². The van der Waals surface area contributed by atoms with Crippen LogP contribution in [-0.2, 0) is 11.2 Å². The van der Waals surface area contributed by atoms with E-state index in [4.69, 9.17) is 11.6 Å². The van der Waals surface area contributed by atoms with Gasteiger partial charge in [0, 0.05) is 31.2 Å². The fourth-order valence-electron chi connectivity index (χ4n) is 3.00. The first-order chi connectivity index (χ1) is 12.1. The van der Waals surface area contributed by atoms with Crippen LogP contribution in [0.5, 0.6) is 0 Å². The van der Waals surface area contributed by atoms with Crippen LogP contribution in [0.1, 0.15) is 11.1 Å². The number of carbonyl (C=O) groups excluding carboxylic acids is 1. The predicted octanol–water partition coefficient (Wildman–Crippen LogP) is 3.24. The van der Waals surface area contributed by atoms with Gasteiger partial charge >= 0.3 is 0 Å². The van der Waals surface area contributed by atoms with Gasteiger partial charge in [0.2, 0.25) is 5.91 Å². The third kappa shape index (κ3) is 4.09. The Labute approximate surface area is 151 Å². The molecular weight excluding hydrogens is 341 g/mol. The predicted molar refractivity (Wildman–Crippen MR) is 95.1 cm³/mol. The summed E-state index contributed by atoms with van der Waals surface area (Å²) in [7, 11) is 0. The molecule has 0 atom stereocenters. The van der Waals surface area contributed by atoms with Gasteiger partial charge in [-0.1, -0.05) is 23.7 Å². The number of hydrogen-bond donors (Lipinski definition) is 0. The maximum atomic E-state index is 13.3. The highest BCUT2D eigenvalue weighted by Gasteiger charge is 2.23. The third-order valence-electron chi connectivity index (χ3n) is 4.30. The van der Waals surface area contributed by atoms with Gasteiger partial charge in [0.05, 0.1) is 17.7 Å². The Kier molecular flexibility index (Phi) is 5.20. The second-order valence-corrected chi connectivity index (χ2v) is 6.38. The lowest BCUT2D eigenvalue weighted by Gasteiger charge is -2.36. The van der Waals surface area contributed by atoms with E-state index in [2.05, 4.69) is 0 Å². The Bertz CT molecular complexity index is 826. The number of nitrogens with zero attached hydrogens (tertiary/aromatic N) is 3. The van der Waals surface area contributed by atoms with Crippen molar-refractivity contribution in [3.8, 4) is 6.07 Å².